The van der Waals surface area contributed by atoms with Crippen molar-refractivity contribution in [2.75, 3.05) is 12.8 Å². The van der Waals surface area contributed by atoms with E-state index < -0.39 is 6.04 Å². The highest BCUT2D eigenvalue weighted by Gasteiger charge is 2.17. The van der Waals surface area contributed by atoms with Gasteiger partial charge in [-0.25, -0.2) is 0 Å². The molecule has 1 atom stereocenters. The van der Waals surface area contributed by atoms with Gasteiger partial charge in [0.25, 0.3) is 0 Å². The van der Waals surface area contributed by atoms with E-state index in [0.717, 1.165) is 30.4 Å². The Morgan fingerprint density at radius 1 is 1.32 bits per heavy atom. The Morgan fingerprint density at radius 2 is 2.00 bits per heavy atom. The molecular formula is C15H29N5OS. The standard InChI is InChI=1S/C15H29N5OS/c1-10(2)9-20-12(18-19-15(20)22-5)7-6-8-17-14(21)13(16)11(3)4/h10-11,13H,6-9,16H2,1-5H3,(H,17,21)/t13-/m0/s1. The van der Waals surface area contributed by atoms with Gasteiger partial charge in [0.05, 0.1) is 6.04 Å². The lowest BCUT2D eigenvalue weighted by Crippen LogP contribution is -2.44. The van der Waals surface area contributed by atoms with Crippen LogP contribution in [0, 0.1) is 11.8 Å². The Kier molecular flexibility index (Phi) is 7.89. The lowest BCUT2D eigenvalue weighted by atomic mass is 10.1. The second-order valence-electron chi connectivity index (χ2n) is 6.27. The third kappa shape index (κ3) is 5.61. The van der Waals surface area contributed by atoms with Crippen molar-refractivity contribution in [3.8, 4) is 0 Å². The van der Waals surface area contributed by atoms with E-state index in [0.29, 0.717) is 12.5 Å². The Bertz CT molecular complexity index is 472. The van der Waals surface area contributed by atoms with E-state index in [-0.39, 0.29) is 11.8 Å². The SMILES string of the molecule is CSc1nnc(CCCNC(=O)[C@@H](N)C(C)C)n1CC(C)C. The summed E-state index contributed by atoms with van der Waals surface area (Å²) in [4.78, 5) is 11.8. The molecule has 0 aliphatic carbocycles. The molecule has 0 spiro atoms. The van der Waals surface area contributed by atoms with Gasteiger partial charge in [-0.05, 0) is 24.5 Å². The van der Waals surface area contributed by atoms with Crippen LogP contribution in [0.4, 0.5) is 0 Å². The number of amides is 1. The van der Waals surface area contributed by atoms with E-state index >= 15 is 0 Å². The molecule has 22 heavy (non-hydrogen) atoms. The maximum absolute atomic E-state index is 11.8. The van der Waals surface area contributed by atoms with E-state index in [1.807, 2.05) is 20.1 Å². The number of carbonyl (C=O) groups is 1. The number of nitrogens with one attached hydrogen (secondary N) is 1. The van der Waals surface area contributed by atoms with Crippen LogP contribution in [0.25, 0.3) is 0 Å². The minimum Gasteiger partial charge on any atom is -0.355 e. The fourth-order valence-corrected chi connectivity index (χ4v) is 2.60. The molecule has 0 aromatic carbocycles. The number of carbonyl (C=O) groups excluding carboxylic acids is 1. The Hall–Kier alpha value is -1.08. The van der Waals surface area contributed by atoms with Crippen LogP contribution in [0.5, 0.6) is 0 Å². The summed E-state index contributed by atoms with van der Waals surface area (Å²) in [5.74, 6) is 1.60. The number of hydrogen-bond donors (Lipinski definition) is 2. The first-order valence-corrected chi connectivity index (χ1v) is 9.08. The molecule has 6 nitrogen and oxygen atoms in total. The van der Waals surface area contributed by atoms with Gasteiger partial charge < -0.3 is 15.6 Å². The van der Waals surface area contributed by atoms with Crippen molar-refractivity contribution < 1.29 is 4.79 Å². The van der Waals surface area contributed by atoms with Crippen LogP contribution < -0.4 is 11.1 Å². The fraction of sp³-hybridized carbons (Fsp3) is 0.800. The van der Waals surface area contributed by atoms with Crippen molar-refractivity contribution in [3.63, 3.8) is 0 Å². The van der Waals surface area contributed by atoms with Crippen molar-refractivity contribution >= 4 is 17.7 Å². The quantitative estimate of drug-likeness (QED) is 0.532. The summed E-state index contributed by atoms with van der Waals surface area (Å²) >= 11 is 1.61. The molecule has 3 N–H and O–H groups in total. The number of nitrogens with two attached hydrogens (primary N) is 1. The van der Waals surface area contributed by atoms with Crippen LogP contribution in [-0.2, 0) is 17.8 Å². The molecule has 0 radical (unpaired) electrons. The van der Waals surface area contributed by atoms with Crippen molar-refractivity contribution in [1.82, 2.24) is 20.1 Å². The highest BCUT2D eigenvalue weighted by molar-refractivity contribution is 7.98. The van der Waals surface area contributed by atoms with Gasteiger partial charge in [-0.3, -0.25) is 4.79 Å². The van der Waals surface area contributed by atoms with Crippen LogP contribution in [-0.4, -0.2) is 39.5 Å². The van der Waals surface area contributed by atoms with Gasteiger partial charge in [0, 0.05) is 19.5 Å². The third-order valence-corrected chi connectivity index (χ3v) is 4.09. The minimum atomic E-state index is -0.437. The van der Waals surface area contributed by atoms with Crippen molar-refractivity contribution in [2.45, 2.75) is 58.3 Å². The average molecular weight is 327 g/mol. The molecule has 7 heteroatoms. The van der Waals surface area contributed by atoms with Crippen molar-refractivity contribution in [3.05, 3.63) is 5.82 Å². The first-order valence-electron chi connectivity index (χ1n) is 7.86. The highest BCUT2D eigenvalue weighted by atomic mass is 32.2. The minimum absolute atomic E-state index is 0.0801. The number of aromatic nitrogens is 3. The molecule has 0 aliphatic rings. The summed E-state index contributed by atoms with van der Waals surface area (Å²) in [5, 5.41) is 12.3. The summed E-state index contributed by atoms with van der Waals surface area (Å²) in [6.07, 6.45) is 3.65. The average Bonchev–Trinajstić information content (AvgIpc) is 2.83. The van der Waals surface area contributed by atoms with Gasteiger partial charge in [-0.2, -0.15) is 0 Å². The smallest absolute Gasteiger partial charge is 0.237 e. The van der Waals surface area contributed by atoms with E-state index in [1.54, 1.807) is 11.8 Å². The molecular weight excluding hydrogens is 298 g/mol. The second kappa shape index (κ2) is 9.15. The van der Waals surface area contributed by atoms with E-state index in [2.05, 4.69) is 33.9 Å². The van der Waals surface area contributed by atoms with Crippen LogP contribution in [0.15, 0.2) is 5.16 Å². The predicted molar refractivity (Wildman–Crippen MR) is 90.8 cm³/mol. The first-order chi connectivity index (χ1) is 10.4. The number of thioether (sulfide) groups is 1. The van der Waals surface area contributed by atoms with E-state index in [9.17, 15) is 4.79 Å². The molecule has 126 valence electrons. The maximum atomic E-state index is 11.8. The zero-order valence-electron chi connectivity index (χ0n) is 14.3. The van der Waals surface area contributed by atoms with Gasteiger partial charge in [0.1, 0.15) is 5.82 Å². The van der Waals surface area contributed by atoms with Crippen molar-refractivity contribution in [2.24, 2.45) is 17.6 Å². The van der Waals surface area contributed by atoms with Crippen LogP contribution in [0.3, 0.4) is 0 Å². The molecule has 0 unspecified atom stereocenters. The zero-order chi connectivity index (χ0) is 16.7. The van der Waals surface area contributed by atoms with Crippen LogP contribution in [0.1, 0.15) is 39.9 Å². The predicted octanol–water partition coefficient (Wildman–Crippen LogP) is 1.69. The zero-order valence-corrected chi connectivity index (χ0v) is 15.1. The largest absolute Gasteiger partial charge is 0.355 e. The topological polar surface area (TPSA) is 85.8 Å². The Balaban J connectivity index is 2.48. The van der Waals surface area contributed by atoms with Gasteiger partial charge in [-0.15, -0.1) is 10.2 Å². The molecule has 1 heterocycles. The first kappa shape index (κ1) is 19.0. The monoisotopic (exact) mass is 327 g/mol. The molecule has 0 fully saturated rings. The normalized spacial score (nSPS) is 12.9. The van der Waals surface area contributed by atoms with Gasteiger partial charge in [-0.1, -0.05) is 39.5 Å². The number of aryl methyl sites for hydroxylation is 1. The number of rotatable bonds is 9. The summed E-state index contributed by atoms with van der Waals surface area (Å²) in [7, 11) is 0. The van der Waals surface area contributed by atoms with Crippen LogP contribution in [0.2, 0.25) is 0 Å². The number of nitrogens with zero attached hydrogens (tertiary/aromatic N) is 3. The lowest BCUT2D eigenvalue weighted by Gasteiger charge is -2.15. The molecule has 1 aromatic rings. The number of hydrogen-bond acceptors (Lipinski definition) is 5. The molecule has 0 saturated carbocycles. The second-order valence-corrected chi connectivity index (χ2v) is 7.05. The molecule has 1 amide bonds. The summed E-state index contributed by atoms with van der Waals surface area (Å²) in [6, 6.07) is -0.437. The van der Waals surface area contributed by atoms with Gasteiger partial charge >= 0.3 is 0 Å². The molecule has 1 aromatic heterocycles. The van der Waals surface area contributed by atoms with E-state index in [4.69, 9.17) is 5.73 Å². The molecule has 1 rings (SSSR count). The highest BCUT2D eigenvalue weighted by Crippen LogP contribution is 2.16. The van der Waals surface area contributed by atoms with Crippen LogP contribution >= 0.6 is 11.8 Å². The Labute approximate surface area is 137 Å². The summed E-state index contributed by atoms with van der Waals surface area (Å²) < 4.78 is 2.18. The lowest BCUT2D eigenvalue weighted by molar-refractivity contribution is -0.123. The third-order valence-electron chi connectivity index (χ3n) is 3.42. The van der Waals surface area contributed by atoms with Gasteiger partial charge in [0.15, 0.2) is 5.16 Å². The van der Waals surface area contributed by atoms with E-state index in [1.165, 1.54) is 0 Å². The molecule has 0 saturated heterocycles. The molecule has 0 aliphatic heterocycles. The maximum Gasteiger partial charge on any atom is 0.237 e. The summed E-state index contributed by atoms with van der Waals surface area (Å²) in [6.45, 7) is 9.79. The summed E-state index contributed by atoms with van der Waals surface area (Å²) in [5.41, 5.74) is 5.81. The van der Waals surface area contributed by atoms with Crippen molar-refractivity contribution in [1.29, 1.82) is 0 Å². The van der Waals surface area contributed by atoms with Gasteiger partial charge in [0.2, 0.25) is 5.91 Å². The Morgan fingerprint density at radius 3 is 2.55 bits per heavy atom. The fourth-order valence-electron chi connectivity index (χ4n) is 2.08. The molecule has 0 bridgehead atoms.